The highest BCUT2D eigenvalue weighted by atomic mass is 79.9. The molecule has 0 aliphatic heterocycles. The molecule has 8 heteroatoms. The molecule has 0 radical (unpaired) electrons. The number of carboxylic acids is 1. The molecule has 1 aromatic rings. The summed E-state index contributed by atoms with van der Waals surface area (Å²) in [5, 5.41) is 11.9. The van der Waals surface area contributed by atoms with Crippen LogP contribution in [0.15, 0.2) is 28.9 Å². The van der Waals surface area contributed by atoms with Gasteiger partial charge >= 0.3 is 5.97 Å². The Labute approximate surface area is 171 Å². The van der Waals surface area contributed by atoms with E-state index in [1.807, 2.05) is 20.8 Å². The van der Waals surface area contributed by atoms with Crippen LogP contribution < -0.4 is 5.32 Å². The molecule has 27 heavy (non-hydrogen) atoms. The van der Waals surface area contributed by atoms with Crippen molar-refractivity contribution in [3.05, 3.63) is 34.6 Å². The topological polar surface area (TPSA) is 80.6 Å². The van der Waals surface area contributed by atoms with Crippen molar-refractivity contribution in [2.24, 2.45) is 5.41 Å². The minimum Gasteiger partial charge on any atom is -0.479 e. The fraction of sp³-hybridized carbons (Fsp3) is 0.579. The third-order valence-electron chi connectivity index (χ3n) is 3.66. The predicted molar refractivity (Wildman–Crippen MR) is 114 cm³/mol. The number of carbonyl (C=O) groups is 2. The number of carboxylic acid groups (broad SMARTS) is 1. The Balaban J connectivity index is 2.81. The second-order valence-corrected chi connectivity index (χ2v) is 15.4. The van der Waals surface area contributed by atoms with Crippen LogP contribution in [0.25, 0.3) is 0 Å². The lowest BCUT2D eigenvalue weighted by Crippen LogP contribution is -2.40. The SMILES string of the molecule is CC(C)(C)/C=C/C(NC(=O)c1cc(Br)cn1COCC[Si](C)(C)C)C(=O)O. The van der Waals surface area contributed by atoms with Crippen molar-refractivity contribution in [2.75, 3.05) is 6.61 Å². The smallest absolute Gasteiger partial charge is 0.330 e. The number of aromatic nitrogens is 1. The number of allylic oxidation sites excluding steroid dienone is 1. The summed E-state index contributed by atoms with van der Waals surface area (Å²) in [6.07, 6.45) is 5.04. The second kappa shape index (κ2) is 9.70. The zero-order valence-electron chi connectivity index (χ0n) is 17.0. The van der Waals surface area contributed by atoms with Crippen LogP contribution in [0.3, 0.4) is 0 Å². The largest absolute Gasteiger partial charge is 0.479 e. The molecule has 1 aromatic heterocycles. The summed E-state index contributed by atoms with van der Waals surface area (Å²) in [7, 11) is -1.18. The van der Waals surface area contributed by atoms with Gasteiger partial charge in [0.1, 0.15) is 18.5 Å². The Morgan fingerprint density at radius 2 is 2.00 bits per heavy atom. The molecular weight excluding hydrogens is 428 g/mol. The lowest BCUT2D eigenvalue weighted by molar-refractivity contribution is -0.137. The lowest BCUT2D eigenvalue weighted by Gasteiger charge is -2.17. The highest BCUT2D eigenvalue weighted by Gasteiger charge is 2.21. The molecule has 1 heterocycles. The zero-order chi connectivity index (χ0) is 20.8. The van der Waals surface area contributed by atoms with Crippen LogP contribution >= 0.6 is 15.9 Å². The van der Waals surface area contributed by atoms with E-state index in [-0.39, 0.29) is 12.1 Å². The average molecular weight is 459 g/mol. The van der Waals surface area contributed by atoms with Crippen molar-refractivity contribution in [1.82, 2.24) is 9.88 Å². The first-order valence-electron chi connectivity index (χ1n) is 8.95. The Kier molecular flexibility index (Phi) is 8.50. The number of ether oxygens (including phenoxy) is 1. The zero-order valence-corrected chi connectivity index (χ0v) is 19.6. The number of carbonyl (C=O) groups excluding carboxylic acids is 1. The van der Waals surface area contributed by atoms with E-state index >= 15 is 0 Å². The minimum absolute atomic E-state index is 0.175. The first-order valence-corrected chi connectivity index (χ1v) is 13.4. The molecule has 1 rings (SSSR count). The van der Waals surface area contributed by atoms with Crippen molar-refractivity contribution in [2.45, 2.75) is 59.2 Å². The maximum Gasteiger partial charge on any atom is 0.330 e. The number of hydrogen-bond acceptors (Lipinski definition) is 3. The van der Waals surface area contributed by atoms with Gasteiger partial charge in [-0.3, -0.25) is 4.79 Å². The van der Waals surface area contributed by atoms with Crippen molar-refractivity contribution in [3.8, 4) is 0 Å². The molecule has 2 N–H and O–H groups in total. The third-order valence-corrected chi connectivity index (χ3v) is 5.80. The van der Waals surface area contributed by atoms with E-state index in [4.69, 9.17) is 4.74 Å². The van der Waals surface area contributed by atoms with Crippen LogP contribution in [0.2, 0.25) is 25.7 Å². The first kappa shape index (κ1) is 23.7. The molecule has 0 aliphatic rings. The van der Waals surface area contributed by atoms with Gasteiger partial charge in [-0.15, -0.1) is 0 Å². The highest BCUT2D eigenvalue weighted by Crippen LogP contribution is 2.17. The van der Waals surface area contributed by atoms with Crippen LogP contribution in [0.4, 0.5) is 0 Å². The maximum atomic E-state index is 12.6. The van der Waals surface area contributed by atoms with Crippen molar-refractivity contribution in [1.29, 1.82) is 0 Å². The number of nitrogens with zero attached hydrogens (tertiary/aromatic N) is 1. The van der Waals surface area contributed by atoms with E-state index < -0.39 is 26.0 Å². The molecule has 1 atom stereocenters. The molecular formula is C19H31BrN2O4Si. The molecule has 0 spiro atoms. The number of hydrogen-bond donors (Lipinski definition) is 2. The fourth-order valence-corrected chi connectivity index (χ4v) is 3.33. The van der Waals surface area contributed by atoms with E-state index in [1.54, 1.807) is 22.9 Å². The molecule has 1 amide bonds. The molecule has 1 unspecified atom stereocenters. The van der Waals surface area contributed by atoms with E-state index in [1.165, 1.54) is 6.08 Å². The van der Waals surface area contributed by atoms with E-state index in [9.17, 15) is 14.7 Å². The fourth-order valence-electron chi connectivity index (χ4n) is 2.11. The van der Waals surface area contributed by atoms with E-state index in [2.05, 4.69) is 40.9 Å². The van der Waals surface area contributed by atoms with Gasteiger partial charge in [0.05, 0.1) is 0 Å². The standard InChI is InChI=1S/C19H31BrN2O4Si/c1-19(2,3)8-7-15(18(24)25)21-17(23)16-11-14(20)12-22(16)13-26-9-10-27(4,5)6/h7-8,11-12,15H,9-10,13H2,1-6H3,(H,21,23)(H,24,25)/b8-7+. The Hall–Kier alpha value is -1.38. The summed E-state index contributed by atoms with van der Waals surface area (Å²) < 4.78 is 8.12. The molecule has 0 aliphatic carbocycles. The van der Waals surface area contributed by atoms with Crippen molar-refractivity contribution in [3.63, 3.8) is 0 Å². The van der Waals surface area contributed by atoms with Crippen LogP contribution in [-0.4, -0.2) is 42.3 Å². The van der Waals surface area contributed by atoms with Gasteiger partial charge in [-0.25, -0.2) is 4.79 Å². The van der Waals surface area contributed by atoms with Gasteiger partial charge in [0.25, 0.3) is 5.91 Å². The van der Waals surface area contributed by atoms with E-state index in [0.29, 0.717) is 12.3 Å². The van der Waals surface area contributed by atoms with Gasteiger partial charge in [-0.05, 0) is 33.5 Å². The van der Waals surface area contributed by atoms with Crippen molar-refractivity contribution >= 4 is 35.9 Å². The van der Waals surface area contributed by atoms with Gasteiger partial charge in [0.2, 0.25) is 0 Å². The average Bonchev–Trinajstić information content (AvgIpc) is 2.86. The monoisotopic (exact) mass is 458 g/mol. The quantitative estimate of drug-likeness (QED) is 0.327. The van der Waals surface area contributed by atoms with Crippen LogP contribution in [0.1, 0.15) is 31.3 Å². The summed E-state index contributed by atoms with van der Waals surface area (Å²) in [6.45, 7) is 13.6. The summed E-state index contributed by atoms with van der Waals surface area (Å²) in [5.74, 6) is -1.56. The number of nitrogens with one attached hydrogen (secondary N) is 1. The Morgan fingerprint density at radius 1 is 1.37 bits per heavy atom. The number of aliphatic carboxylic acids is 1. The normalized spacial score (nSPS) is 13.7. The van der Waals surface area contributed by atoms with Gasteiger partial charge < -0.3 is 19.7 Å². The summed E-state index contributed by atoms with van der Waals surface area (Å²) in [5.41, 5.74) is 0.177. The van der Waals surface area contributed by atoms with Gasteiger partial charge in [0, 0.05) is 25.4 Å². The molecule has 0 bridgehead atoms. The van der Waals surface area contributed by atoms with Gasteiger partial charge in [0.15, 0.2) is 0 Å². The molecule has 152 valence electrons. The molecule has 0 fully saturated rings. The van der Waals surface area contributed by atoms with Crippen LogP contribution in [0.5, 0.6) is 0 Å². The summed E-state index contributed by atoms with van der Waals surface area (Å²) >= 11 is 3.36. The second-order valence-electron chi connectivity index (χ2n) is 8.88. The summed E-state index contributed by atoms with van der Waals surface area (Å²) in [6, 6.07) is 1.60. The molecule has 0 saturated carbocycles. The Morgan fingerprint density at radius 3 is 2.52 bits per heavy atom. The Bertz CT molecular complexity index is 687. The van der Waals surface area contributed by atoms with Gasteiger partial charge in [-0.1, -0.05) is 52.6 Å². The maximum absolute atomic E-state index is 12.6. The lowest BCUT2D eigenvalue weighted by atomic mass is 9.95. The molecule has 0 aromatic carbocycles. The molecule has 6 nitrogen and oxygen atoms in total. The minimum atomic E-state index is -1.18. The van der Waals surface area contributed by atoms with E-state index in [0.717, 1.165) is 10.5 Å². The third kappa shape index (κ3) is 9.39. The van der Waals surface area contributed by atoms with Crippen molar-refractivity contribution < 1.29 is 19.4 Å². The van der Waals surface area contributed by atoms with Crippen LogP contribution in [0, 0.1) is 5.41 Å². The predicted octanol–water partition coefficient (Wildman–Crippen LogP) is 4.35. The number of rotatable bonds is 9. The summed E-state index contributed by atoms with van der Waals surface area (Å²) in [4.78, 5) is 24.1. The highest BCUT2D eigenvalue weighted by molar-refractivity contribution is 9.10. The van der Waals surface area contributed by atoms with Crippen LogP contribution in [-0.2, 0) is 16.3 Å². The number of amides is 1. The number of halogens is 1. The molecule has 0 saturated heterocycles. The van der Waals surface area contributed by atoms with Gasteiger partial charge in [-0.2, -0.15) is 0 Å². The first-order chi connectivity index (χ1) is 12.3.